The second kappa shape index (κ2) is 11.4. The highest BCUT2D eigenvalue weighted by atomic mass is 127. The minimum absolute atomic E-state index is 0. The standard InChI is InChI=1S/C22H32N6OS.HI/c1-4-30-17-10-9-16(13-17)24-22(23-14-21-27-26-15(2)28(21)3)25-19-11-12-29-20-8-6-5-7-18(19)20;/h5-8,16-17,19H,4,9-14H2,1-3H3,(H2,23,24,25);1H. The number of hydrogen-bond acceptors (Lipinski definition) is 5. The first-order valence-corrected chi connectivity index (χ1v) is 11.9. The Morgan fingerprint density at radius 2 is 2.06 bits per heavy atom. The molecule has 4 rings (SSSR count). The number of aliphatic imine (C=N–C) groups is 1. The maximum absolute atomic E-state index is 5.83. The van der Waals surface area contributed by atoms with Gasteiger partial charge in [0.2, 0.25) is 0 Å². The Balaban J connectivity index is 0.00000272. The summed E-state index contributed by atoms with van der Waals surface area (Å²) < 4.78 is 7.83. The van der Waals surface area contributed by atoms with Crippen LogP contribution < -0.4 is 15.4 Å². The molecule has 0 spiro atoms. The predicted octanol–water partition coefficient (Wildman–Crippen LogP) is 3.97. The van der Waals surface area contributed by atoms with Crippen molar-refractivity contribution in [1.82, 2.24) is 25.4 Å². The quantitative estimate of drug-likeness (QED) is 0.319. The van der Waals surface area contributed by atoms with Gasteiger partial charge < -0.3 is 19.9 Å². The molecule has 1 fully saturated rings. The van der Waals surface area contributed by atoms with E-state index in [-0.39, 0.29) is 30.0 Å². The van der Waals surface area contributed by atoms with Crippen LogP contribution in [-0.2, 0) is 13.6 Å². The smallest absolute Gasteiger partial charge is 0.192 e. The lowest BCUT2D eigenvalue weighted by atomic mass is 10.0. The van der Waals surface area contributed by atoms with Crippen LogP contribution >= 0.6 is 35.7 Å². The van der Waals surface area contributed by atoms with Gasteiger partial charge in [-0.3, -0.25) is 0 Å². The highest BCUT2D eigenvalue weighted by Crippen LogP contribution is 2.32. The number of rotatable bonds is 6. The van der Waals surface area contributed by atoms with Crippen LogP contribution in [0.25, 0.3) is 0 Å². The van der Waals surface area contributed by atoms with E-state index in [0.29, 0.717) is 19.2 Å². The van der Waals surface area contributed by atoms with Crippen LogP contribution in [0.4, 0.5) is 0 Å². The van der Waals surface area contributed by atoms with Gasteiger partial charge in [-0.05, 0) is 38.0 Å². The third kappa shape index (κ3) is 6.06. The molecule has 0 saturated heterocycles. The van der Waals surface area contributed by atoms with E-state index in [0.717, 1.165) is 35.0 Å². The average molecular weight is 557 g/mol. The third-order valence-corrected chi connectivity index (χ3v) is 7.19. The maximum atomic E-state index is 5.83. The minimum Gasteiger partial charge on any atom is -0.493 e. The first-order valence-electron chi connectivity index (χ1n) is 10.9. The molecule has 31 heavy (non-hydrogen) atoms. The molecule has 3 unspecified atom stereocenters. The summed E-state index contributed by atoms with van der Waals surface area (Å²) >= 11 is 2.07. The largest absolute Gasteiger partial charge is 0.493 e. The van der Waals surface area contributed by atoms with Crippen molar-refractivity contribution in [2.75, 3.05) is 12.4 Å². The number of fused-ring (bicyclic) bond motifs is 1. The van der Waals surface area contributed by atoms with E-state index in [1.807, 2.05) is 30.7 Å². The van der Waals surface area contributed by atoms with Crippen molar-refractivity contribution < 1.29 is 4.74 Å². The summed E-state index contributed by atoms with van der Waals surface area (Å²) in [6.07, 6.45) is 4.56. The van der Waals surface area contributed by atoms with Gasteiger partial charge in [-0.15, -0.1) is 34.2 Å². The normalized spacial score (nSPS) is 22.9. The molecule has 3 atom stereocenters. The van der Waals surface area contributed by atoms with Crippen LogP contribution in [0.5, 0.6) is 5.75 Å². The number of benzene rings is 1. The maximum Gasteiger partial charge on any atom is 0.192 e. The zero-order chi connectivity index (χ0) is 20.9. The number of nitrogens with zero attached hydrogens (tertiary/aromatic N) is 4. The number of para-hydroxylation sites is 1. The Morgan fingerprint density at radius 3 is 2.84 bits per heavy atom. The second-order valence-electron chi connectivity index (χ2n) is 7.99. The van der Waals surface area contributed by atoms with E-state index >= 15 is 0 Å². The van der Waals surface area contributed by atoms with Crippen molar-refractivity contribution >= 4 is 41.7 Å². The summed E-state index contributed by atoms with van der Waals surface area (Å²) in [7, 11) is 1.99. The lowest BCUT2D eigenvalue weighted by molar-refractivity contribution is 0.261. The summed E-state index contributed by atoms with van der Waals surface area (Å²) in [5, 5.41) is 16.6. The van der Waals surface area contributed by atoms with E-state index < -0.39 is 0 Å². The van der Waals surface area contributed by atoms with Crippen molar-refractivity contribution in [3.05, 3.63) is 41.5 Å². The number of hydrogen-bond donors (Lipinski definition) is 2. The lowest BCUT2D eigenvalue weighted by Crippen LogP contribution is -2.45. The summed E-state index contributed by atoms with van der Waals surface area (Å²) in [6, 6.07) is 8.91. The van der Waals surface area contributed by atoms with E-state index in [1.165, 1.54) is 30.6 Å². The third-order valence-electron chi connectivity index (χ3n) is 5.96. The second-order valence-corrected chi connectivity index (χ2v) is 9.57. The van der Waals surface area contributed by atoms with Crippen LogP contribution in [0.15, 0.2) is 29.3 Å². The fourth-order valence-electron chi connectivity index (χ4n) is 4.18. The van der Waals surface area contributed by atoms with E-state index in [2.05, 4.69) is 51.6 Å². The summed E-state index contributed by atoms with van der Waals surface area (Å²) in [6.45, 7) is 5.41. The van der Waals surface area contributed by atoms with Crippen LogP contribution in [-0.4, -0.2) is 44.4 Å². The molecule has 170 valence electrons. The number of halogens is 1. The zero-order valence-electron chi connectivity index (χ0n) is 18.5. The van der Waals surface area contributed by atoms with Crippen molar-refractivity contribution in [2.45, 2.75) is 63.4 Å². The van der Waals surface area contributed by atoms with E-state index in [4.69, 9.17) is 9.73 Å². The Bertz CT molecular complexity index is 889. The number of ether oxygens (including phenoxy) is 1. The highest BCUT2D eigenvalue weighted by Gasteiger charge is 2.27. The van der Waals surface area contributed by atoms with Crippen molar-refractivity contribution in [3.63, 3.8) is 0 Å². The molecule has 2 aromatic rings. The Morgan fingerprint density at radius 1 is 1.23 bits per heavy atom. The van der Waals surface area contributed by atoms with E-state index in [9.17, 15) is 0 Å². The summed E-state index contributed by atoms with van der Waals surface area (Å²) in [4.78, 5) is 4.89. The molecule has 1 aliphatic carbocycles. The molecule has 2 aliphatic rings. The van der Waals surface area contributed by atoms with Gasteiger partial charge in [-0.1, -0.05) is 25.1 Å². The van der Waals surface area contributed by atoms with Crippen molar-refractivity contribution in [3.8, 4) is 5.75 Å². The molecule has 2 heterocycles. The number of nitrogens with one attached hydrogen (secondary N) is 2. The molecular weight excluding hydrogens is 523 g/mol. The van der Waals surface area contributed by atoms with Gasteiger partial charge >= 0.3 is 0 Å². The predicted molar refractivity (Wildman–Crippen MR) is 137 cm³/mol. The molecule has 0 radical (unpaired) electrons. The monoisotopic (exact) mass is 556 g/mol. The number of thioether (sulfide) groups is 1. The topological polar surface area (TPSA) is 76.4 Å². The molecule has 1 aromatic heterocycles. The lowest BCUT2D eigenvalue weighted by Gasteiger charge is -2.29. The minimum atomic E-state index is 0. The molecule has 0 amide bonds. The van der Waals surface area contributed by atoms with Crippen molar-refractivity contribution in [2.24, 2.45) is 12.0 Å². The molecule has 1 saturated carbocycles. The highest BCUT2D eigenvalue weighted by molar-refractivity contribution is 14.0. The van der Waals surface area contributed by atoms with Gasteiger partial charge in [0, 0.05) is 30.3 Å². The number of aryl methyl sites for hydroxylation is 1. The fourth-order valence-corrected chi connectivity index (χ4v) is 5.32. The van der Waals surface area contributed by atoms with Gasteiger partial charge in [0.1, 0.15) is 18.1 Å². The molecule has 7 nitrogen and oxygen atoms in total. The van der Waals surface area contributed by atoms with Crippen LogP contribution in [0, 0.1) is 6.92 Å². The number of aromatic nitrogens is 3. The molecule has 1 aliphatic heterocycles. The Kier molecular flexibility index (Phi) is 8.88. The fraction of sp³-hybridized carbons (Fsp3) is 0.591. The summed E-state index contributed by atoms with van der Waals surface area (Å²) in [5.74, 6) is 4.76. The van der Waals surface area contributed by atoms with Gasteiger partial charge in [0.05, 0.1) is 12.6 Å². The van der Waals surface area contributed by atoms with Gasteiger partial charge in [0.15, 0.2) is 11.8 Å². The summed E-state index contributed by atoms with van der Waals surface area (Å²) in [5.41, 5.74) is 1.19. The van der Waals surface area contributed by atoms with Gasteiger partial charge in [0.25, 0.3) is 0 Å². The van der Waals surface area contributed by atoms with E-state index in [1.54, 1.807) is 0 Å². The average Bonchev–Trinajstić information content (AvgIpc) is 3.33. The first kappa shape index (κ1) is 24.2. The van der Waals surface area contributed by atoms with Crippen LogP contribution in [0.3, 0.4) is 0 Å². The number of guanidine groups is 1. The van der Waals surface area contributed by atoms with Gasteiger partial charge in [-0.25, -0.2) is 4.99 Å². The van der Waals surface area contributed by atoms with Crippen LogP contribution in [0.2, 0.25) is 0 Å². The zero-order valence-corrected chi connectivity index (χ0v) is 21.7. The Labute approximate surface area is 206 Å². The molecular formula is C22H33IN6OS. The van der Waals surface area contributed by atoms with Crippen molar-refractivity contribution in [1.29, 1.82) is 0 Å². The SMILES string of the molecule is CCSC1CCC(NC(=NCc2nnc(C)n2C)NC2CCOc3ccccc32)C1.I. The molecule has 0 bridgehead atoms. The van der Waals surface area contributed by atoms with Gasteiger partial charge in [-0.2, -0.15) is 11.8 Å². The molecule has 9 heteroatoms. The molecule has 1 aromatic carbocycles. The van der Waals surface area contributed by atoms with Crippen LogP contribution in [0.1, 0.15) is 55.9 Å². The first-order chi connectivity index (χ1) is 14.6. The molecule has 2 N–H and O–H groups in total. The Hall–Kier alpha value is -1.49.